The molecule has 5 nitrogen and oxygen atoms in total. The molecule has 0 aliphatic rings. The smallest absolute Gasteiger partial charge is 0.410 e. The van der Waals surface area contributed by atoms with E-state index in [0.717, 1.165) is 11.1 Å². The molecule has 0 aromatic heterocycles. The molecule has 0 saturated heterocycles. The summed E-state index contributed by atoms with van der Waals surface area (Å²) in [6.45, 7) is 2.08. The van der Waals surface area contributed by atoms with Gasteiger partial charge in [0, 0.05) is 13.0 Å². The molecule has 0 aliphatic heterocycles. The lowest BCUT2D eigenvalue weighted by atomic mass is 10.0. The third kappa shape index (κ3) is 4.84. The second-order valence-corrected chi connectivity index (χ2v) is 5.36. The summed E-state index contributed by atoms with van der Waals surface area (Å²) in [5, 5.41) is 9.65. The van der Waals surface area contributed by atoms with E-state index in [2.05, 4.69) is 0 Å². The van der Waals surface area contributed by atoms with E-state index < -0.39 is 18.1 Å². The molecule has 0 saturated carbocycles. The van der Waals surface area contributed by atoms with Crippen molar-refractivity contribution in [2.24, 2.45) is 0 Å². The minimum absolute atomic E-state index is 0.184. The summed E-state index contributed by atoms with van der Waals surface area (Å²) in [6.07, 6.45) is -0.397. The first-order valence-corrected chi connectivity index (χ1v) is 7.86. The van der Waals surface area contributed by atoms with Crippen molar-refractivity contribution >= 4 is 12.1 Å². The molecule has 1 N–H and O–H groups in total. The number of aliphatic carboxylic acids is 1. The Labute approximate surface area is 141 Å². The third-order valence-electron chi connectivity index (χ3n) is 3.63. The van der Waals surface area contributed by atoms with E-state index in [1.807, 2.05) is 60.7 Å². The maximum absolute atomic E-state index is 12.3. The van der Waals surface area contributed by atoms with Gasteiger partial charge in [-0.05, 0) is 18.1 Å². The summed E-state index contributed by atoms with van der Waals surface area (Å²) in [7, 11) is 0. The molecule has 0 fully saturated rings. The number of carbonyl (C=O) groups excluding carboxylic acids is 1. The van der Waals surface area contributed by atoms with E-state index in [9.17, 15) is 14.7 Å². The molecule has 0 heterocycles. The molecule has 24 heavy (non-hydrogen) atoms. The summed E-state index contributed by atoms with van der Waals surface area (Å²) >= 11 is 0. The molecule has 2 aromatic rings. The van der Waals surface area contributed by atoms with E-state index in [0.29, 0.717) is 0 Å². The molecule has 2 rings (SSSR count). The Bertz CT molecular complexity index is 658. The number of benzene rings is 2. The van der Waals surface area contributed by atoms with Crippen molar-refractivity contribution in [3.63, 3.8) is 0 Å². The Morgan fingerprint density at radius 3 is 2.04 bits per heavy atom. The first kappa shape index (κ1) is 17.5. The molecule has 1 unspecified atom stereocenters. The maximum Gasteiger partial charge on any atom is 0.410 e. The van der Waals surface area contributed by atoms with Gasteiger partial charge in [-0.1, -0.05) is 60.7 Å². The summed E-state index contributed by atoms with van der Waals surface area (Å²) < 4.78 is 5.07. The Morgan fingerprint density at radius 1 is 1.00 bits per heavy atom. The number of carboxylic acid groups (broad SMARTS) is 1. The Balaban J connectivity index is 2.26. The lowest BCUT2D eigenvalue weighted by Gasteiger charge is -2.28. The van der Waals surface area contributed by atoms with Gasteiger partial charge in [0.2, 0.25) is 0 Å². The molecule has 1 amide bonds. The summed E-state index contributed by atoms with van der Waals surface area (Å²) in [5.74, 6) is -1.05. The van der Waals surface area contributed by atoms with Crippen molar-refractivity contribution in [3.8, 4) is 0 Å². The van der Waals surface area contributed by atoms with Gasteiger partial charge in [-0.25, -0.2) is 9.59 Å². The van der Waals surface area contributed by atoms with E-state index >= 15 is 0 Å². The van der Waals surface area contributed by atoms with Crippen LogP contribution in [0.4, 0.5) is 4.79 Å². The number of rotatable bonds is 7. The number of amides is 1. The number of ether oxygens (including phenoxy) is 1. The van der Waals surface area contributed by atoms with Crippen molar-refractivity contribution in [1.29, 1.82) is 0 Å². The minimum Gasteiger partial charge on any atom is -0.480 e. The largest absolute Gasteiger partial charge is 0.480 e. The highest BCUT2D eigenvalue weighted by Gasteiger charge is 2.31. The summed E-state index contributed by atoms with van der Waals surface area (Å²) in [5.41, 5.74) is 1.71. The number of carbonyl (C=O) groups is 2. The van der Waals surface area contributed by atoms with Crippen molar-refractivity contribution < 1.29 is 19.4 Å². The Morgan fingerprint density at radius 2 is 1.54 bits per heavy atom. The fraction of sp³-hybridized carbons (Fsp3) is 0.263. The molecule has 1 atom stereocenters. The fourth-order valence-corrected chi connectivity index (χ4v) is 2.46. The molecular formula is C19H21NO4. The molecule has 5 heteroatoms. The van der Waals surface area contributed by atoms with Gasteiger partial charge < -0.3 is 9.84 Å². The molecule has 0 aliphatic carbocycles. The number of hydrogen-bond acceptors (Lipinski definition) is 3. The molecule has 0 spiro atoms. The minimum atomic E-state index is -1.05. The average molecular weight is 327 g/mol. The van der Waals surface area contributed by atoms with Gasteiger partial charge in [0.25, 0.3) is 0 Å². The quantitative estimate of drug-likeness (QED) is 0.847. The van der Waals surface area contributed by atoms with Gasteiger partial charge in [0.15, 0.2) is 0 Å². The summed E-state index contributed by atoms with van der Waals surface area (Å²) in [6, 6.07) is 17.6. The number of carboxylic acids is 1. The zero-order chi connectivity index (χ0) is 17.4. The summed E-state index contributed by atoms with van der Waals surface area (Å²) in [4.78, 5) is 25.4. The zero-order valence-corrected chi connectivity index (χ0v) is 13.6. The van der Waals surface area contributed by atoms with Gasteiger partial charge in [-0.15, -0.1) is 0 Å². The van der Waals surface area contributed by atoms with Gasteiger partial charge >= 0.3 is 12.1 Å². The SMILES string of the molecule is CCOC(=O)N(Cc1ccccc1)C(Cc1ccccc1)C(=O)O. The topological polar surface area (TPSA) is 66.8 Å². The Kier molecular flexibility index (Phi) is 6.37. The van der Waals surface area contributed by atoms with Crippen LogP contribution in [0.3, 0.4) is 0 Å². The van der Waals surface area contributed by atoms with Gasteiger partial charge in [0.1, 0.15) is 6.04 Å². The highest BCUT2D eigenvalue weighted by Crippen LogP contribution is 2.15. The first-order valence-electron chi connectivity index (χ1n) is 7.86. The van der Waals surface area contributed by atoms with Gasteiger partial charge in [-0.2, -0.15) is 0 Å². The molecule has 0 bridgehead atoms. The van der Waals surface area contributed by atoms with E-state index in [4.69, 9.17) is 4.74 Å². The predicted octanol–water partition coefficient (Wildman–Crippen LogP) is 3.34. The van der Waals surface area contributed by atoms with Crippen molar-refractivity contribution in [2.45, 2.75) is 25.9 Å². The van der Waals surface area contributed by atoms with Crippen molar-refractivity contribution in [2.75, 3.05) is 6.61 Å². The third-order valence-corrected chi connectivity index (χ3v) is 3.63. The van der Waals surface area contributed by atoms with Crippen molar-refractivity contribution in [3.05, 3.63) is 71.8 Å². The van der Waals surface area contributed by atoms with E-state index in [1.54, 1.807) is 6.92 Å². The fourth-order valence-electron chi connectivity index (χ4n) is 2.46. The van der Waals surface area contributed by atoms with Crippen LogP contribution < -0.4 is 0 Å². The second kappa shape index (κ2) is 8.72. The molecule has 2 aromatic carbocycles. The monoisotopic (exact) mass is 327 g/mol. The van der Waals surface area contributed by atoms with Crippen LogP contribution in [0.25, 0.3) is 0 Å². The predicted molar refractivity (Wildman–Crippen MR) is 90.6 cm³/mol. The first-order chi connectivity index (χ1) is 11.6. The molecule has 126 valence electrons. The van der Waals surface area contributed by atoms with Crippen LogP contribution in [0, 0.1) is 0 Å². The lowest BCUT2D eigenvalue weighted by Crippen LogP contribution is -2.46. The number of nitrogens with zero attached hydrogens (tertiary/aromatic N) is 1. The average Bonchev–Trinajstić information content (AvgIpc) is 2.60. The normalized spacial score (nSPS) is 11.5. The van der Waals surface area contributed by atoms with Crippen LogP contribution in [0.15, 0.2) is 60.7 Å². The zero-order valence-electron chi connectivity index (χ0n) is 13.6. The van der Waals surface area contributed by atoms with Gasteiger partial charge in [-0.3, -0.25) is 4.90 Å². The van der Waals surface area contributed by atoms with E-state index in [1.165, 1.54) is 4.90 Å². The maximum atomic E-state index is 12.3. The van der Waals surface area contributed by atoms with Crippen LogP contribution in [0.2, 0.25) is 0 Å². The van der Waals surface area contributed by atoms with Crippen LogP contribution in [0.1, 0.15) is 18.1 Å². The molecule has 0 radical (unpaired) electrons. The molecular weight excluding hydrogens is 306 g/mol. The standard InChI is InChI=1S/C19H21NO4/c1-2-24-19(23)20(14-16-11-7-4-8-12-16)17(18(21)22)13-15-9-5-3-6-10-15/h3-12,17H,2,13-14H2,1H3,(H,21,22). The van der Waals surface area contributed by atoms with Crippen molar-refractivity contribution in [1.82, 2.24) is 4.90 Å². The highest BCUT2D eigenvalue weighted by molar-refractivity contribution is 5.80. The Hall–Kier alpha value is -2.82. The van der Waals surface area contributed by atoms with Crippen LogP contribution in [-0.4, -0.2) is 34.7 Å². The van der Waals surface area contributed by atoms with E-state index in [-0.39, 0.29) is 19.6 Å². The highest BCUT2D eigenvalue weighted by atomic mass is 16.6. The van der Waals surface area contributed by atoms with Crippen LogP contribution >= 0.6 is 0 Å². The van der Waals surface area contributed by atoms with Crippen LogP contribution in [-0.2, 0) is 22.5 Å². The lowest BCUT2D eigenvalue weighted by molar-refractivity contribution is -0.143. The second-order valence-electron chi connectivity index (χ2n) is 5.36. The van der Waals surface area contributed by atoms with Crippen LogP contribution in [0.5, 0.6) is 0 Å². The number of hydrogen-bond donors (Lipinski definition) is 1. The van der Waals surface area contributed by atoms with Gasteiger partial charge in [0.05, 0.1) is 6.61 Å².